The Morgan fingerprint density at radius 3 is 3.00 bits per heavy atom. The van der Waals surface area contributed by atoms with E-state index in [4.69, 9.17) is 4.52 Å². The summed E-state index contributed by atoms with van der Waals surface area (Å²) in [6.45, 7) is 0.592. The van der Waals surface area contributed by atoms with Crippen LogP contribution in [-0.2, 0) is 0 Å². The summed E-state index contributed by atoms with van der Waals surface area (Å²) < 4.78 is 18.1. The van der Waals surface area contributed by atoms with Crippen LogP contribution in [0.4, 0.5) is 4.39 Å². The lowest BCUT2D eigenvalue weighted by Crippen LogP contribution is -2.35. The van der Waals surface area contributed by atoms with Crippen molar-refractivity contribution in [2.45, 2.75) is 31.7 Å². The predicted molar refractivity (Wildman–Crippen MR) is 70.7 cm³/mol. The van der Waals surface area contributed by atoms with E-state index in [1.807, 2.05) is 0 Å². The first kappa shape index (κ1) is 13.7. The van der Waals surface area contributed by atoms with Crippen LogP contribution in [0.2, 0.25) is 0 Å². The van der Waals surface area contributed by atoms with Gasteiger partial charge in [0.05, 0.1) is 17.8 Å². The average molecular weight is 290 g/mol. The fraction of sp³-hybridized carbons (Fsp3) is 0.429. The fourth-order valence-electron chi connectivity index (χ4n) is 2.64. The molecule has 1 aliphatic heterocycles. The number of nitrogens with zero attached hydrogens (tertiary/aromatic N) is 4. The van der Waals surface area contributed by atoms with Gasteiger partial charge >= 0.3 is 0 Å². The lowest BCUT2D eigenvalue weighted by molar-refractivity contribution is 0.0669. The third-order valence-electron chi connectivity index (χ3n) is 3.64. The van der Waals surface area contributed by atoms with Gasteiger partial charge in [-0.2, -0.15) is 4.98 Å². The maximum atomic E-state index is 13.3. The Hall–Kier alpha value is -2.31. The molecule has 0 radical (unpaired) electrons. The van der Waals surface area contributed by atoms with E-state index in [-0.39, 0.29) is 17.5 Å². The molecule has 3 rings (SSSR count). The Bertz CT molecular complexity index is 617. The lowest BCUT2D eigenvalue weighted by atomic mass is 10.1. The molecule has 1 atom stereocenters. The zero-order valence-corrected chi connectivity index (χ0v) is 11.4. The van der Waals surface area contributed by atoms with Crippen molar-refractivity contribution in [2.24, 2.45) is 0 Å². The van der Waals surface area contributed by atoms with Crippen LogP contribution in [0.15, 0.2) is 29.4 Å². The Morgan fingerprint density at radius 2 is 2.24 bits per heavy atom. The number of likely N-dealkylation sites (tertiary alicyclic amines) is 1. The van der Waals surface area contributed by atoms with E-state index in [1.165, 1.54) is 18.7 Å². The zero-order valence-electron chi connectivity index (χ0n) is 11.4. The number of hydrogen-bond acceptors (Lipinski definition) is 5. The maximum Gasteiger partial charge on any atom is 0.256 e. The Kier molecular flexibility index (Phi) is 3.89. The van der Waals surface area contributed by atoms with Crippen LogP contribution >= 0.6 is 0 Å². The molecule has 0 aromatic carbocycles. The summed E-state index contributed by atoms with van der Waals surface area (Å²) in [5.41, 5.74) is 0.241. The van der Waals surface area contributed by atoms with Gasteiger partial charge in [0.1, 0.15) is 5.82 Å². The van der Waals surface area contributed by atoms with Gasteiger partial charge in [0.15, 0.2) is 5.82 Å². The van der Waals surface area contributed by atoms with Crippen molar-refractivity contribution < 1.29 is 13.7 Å². The van der Waals surface area contributed by atoms with Crippen LogP contribution in [0, 0.1) is 5.82 Å². The van der Waals surface area contributed by atoms with E-state index < -0.39 is 5.82 Å². The minimum atomic E-state index is -0.521. The molecule has 21 heavy (non-hydrogen) atoms. The molecule has 0 saturated carbocycles. The Balaban J connectivity index is 1.90. The number of carbonyl (C=O) groups excluding carboxylic acids is 1. The van der Waals surface area contributed by atoms with Crippen molar-refractivity contribution in [2.75, 3.05) is 6.54 Å². The van der Waals surface area contributed by atoms with Crippen LogP contribution in [0.5, 0.6) is 0 Å². The first-order valence-electron chi connectivity index (χ1n) is 6.93. The van der Waals surface area contributed by atoms with Crippen molar-refractivity contribution in [3.63, 3.8) is 0 Å². The molecule has 7 heteroatoms. The first-order chi connectivity index (χ1) is 10.3. The molecule has 0 aliphatic carbocycles. The molecule has 1 aliphatic rings. The molecule has 2 aromatic rings. The van der Waals surface area contributed by atoms with E-state index in [2.05, 4.69) is 15.1 Å². The van der Waals surface area contributed by atoms with E-state index in [1.54, 1.807) is 4.90 Å². The van der Waals surface area contributed by atoms with Crippen molar-refractivity contribution >= 4 is 5.91 Å². The minimum absolute atomic E-state index is 0.234. The second kappa shape index (κ2) is 5.99. The van der Waals surface area contributed by atoms with E-state index >= 15 is 0 Å². The fourth-order valence-corrected chi connectivity index (χ4v) is 2.64. The number of amides is 1. The van der Waals surface area contributed by atoms with E-state index in [9.17, 15) is 9.18 Å². The van der Waals surface area contributed by atoms with Crippen molar-refractivity contribution in [3.8, 4) is 0 Å². The zero-order chi connectivity index (χ0) is 14.7. The molecule has 110 valence electrons. The highest BCUT2D eigenvalue weighted by molar-refractivity contribution is 5.94. The second-order valence-electron chi connectivity index (χ2n) is 5.04. The SMILES string of the molecule is O=C(c1cncc(F)c1)N1CCCCC[C@H]1c1ncon1. The number of halogens is 1. The van der Waals surface area contributed by atoms with E-state index in [0.29, 0.717) is 12.4 Å². The highest BCUT2D eigenvalue weighted by Gasteiger charge is 2.30. The minimum Gasteiger partial charge on any atom is -0.343 e. The molecule has 6 nitrogen and oxygen atoms in total. The van der Waals surface area contributed by atoms with Crippen LogP contribution in [0.1, 0.15) is 47.9 Å². The molecule has 1 amide bonds. The molecule has 0 spiro atoms. The first-order valence-corrected chi connectivity index (χ1v) is 6.93. The molecule has 2 aromatic heterocycles. The normalized spacial score (nSPS) is 19.3. The van der Waals surface area contributed by atoms with Gasteiger partial charge in [-0.05, 0) is 18.9 Å². The van der Waals surface area contributed by atoms with Gasteiger partial charge in [-0.3, -0.25) is 9.78 Å². The van der Waals surface area contributed by atoms with Gasteiger partial charge < -0.3 is 9.42 Å². The van der Waals surface area contributed by atoms with Gasteiger partial charge in [-0.1, -0.05) is 18.0 Å². The molecular formula is C14H15FN4O2. The summed E-state index contributed by atoms with van der Waals surface area (Å²) in [7, 11) is 0. The van der Waals surface area contributed by atoms with E-state index in [0.717, 1.165) is 31.9 Å². The highest BCUT2D eigenvalue weighted by Crippen LogP contribution is 2.29. The Morgan fingerprint density at radius 1 is 1.33 bits per heavy atom. The topological polar surface area (TPSA) is 72.1 Å². The number of aromatic nitrogens is 3. The number of pyridine rings is 1. The standard InChI is InChI=1S/C14H15FN4O2/c15-11-6-10(7-16-8-11)14(20)19-5-3-1-2-4-12(19)13-17-9-21-18-13/h6-9,12H,1-5H2/t12-/m0/s1. The van der Waals surface area contributed by atoms with Gasteiger partial charge in [-0.25, -0.2) is 4.39 Å². The smallest absolute Gasteiger partial charge is 0.256 e. The van der Waals surface area contributed by atoms with Crippen LogP contribution in [0.3, 0.4) is 0 Å². The highest BCUT2D eigenvalue weighted by atomic mass is 19.1. The average Bonchev–Trinajstić information content (AvgIpc) is 2.91. The third kappa shape index (κ3) is 2.91. The summed E-state index contributed by atoms with van der Waals surface area (Å²) in [6, 6.07) is 0.968. The maximum absolute atomic E-state index is 13.3. The largest absolute Gasteiger partial charge is 0.343 e. The van der Waals surface area contributed by atoms with Crippen LogP contribution < -0.4 is 0 Å². The molecular weight excluding hydrogens is 275 g/mol. The predicted octanol–water partition coefficient (Wildman–Crippen LogP) is 2.36. The van der Waals surface area contributed by atoms with Gasteiger partial charge in [0.2, 0.25) is 6.39 Å². The number of rotatable bonds is 2. The summed E-state index contributed by atoms with van der Waals surface area (Å²) in [5, 5.41) is 3.86. The quantitative estimate of drug-likeness (QED) is 0.849. The Labute approximate surface area is 121 Å². The molecule has 1 saturated heterocycles. The lowest BCUT2D eigenvalue weighted by Gasteiger charge is -2.27. The summed E-state index contributed by atoms with van der Waals surface area (Å²) in [6.07, 6.45) is 7.42. The molecule has 3 heterocycles. The van der Waals surface area contributed by atoms with Crippen LogP contribution in [-0.4, -0.2) is 32.5 Å². The third-order valence-corrected chi connectivity index (χ3v) is 3.64. The van der Waals surface area contributed by atoms with Gasteiger partial charge in [0, 0.05) is 12.7 Å². The summed E-state index contributed by atoms with van der Waals surface area (Å²) >= 11 is 0. The van der Waals surface area contributed by atoms with Crippen molar-refractivity contribution in [1.29, 1.82) is 0 Å². The van der Waals surface area contributed by atoms with Crippen molar-refractivity contribution in [3.05, 3.63) is 42.1 Å². The number of carbonyl (C=O) groups is 1. The van der Waals surface area contributed by atoms with Crippen molar-refractivity contribution in [1.82, 2.24) is 20.0 Å². The molecule has 0 bridgehead atoms. The second-order valence-corrected chi connectivity index (χ2v) is 5.04. The summed E-state index contributed by atoms with van der Waals surface area (Å²) in [5.74, 6) is -0.278. The monoisotopic (exact) mass is 290 g/mol. The molecule has 0 N–H and O–H groups in total. The van der Waals surface area contributed by atoms with Gasteiger partial charge in [-0.15, -0.1) is 0 Å². The van der Waals surface area contributed by atoms with Crippen LogP contribution in [0.25, 0.3) is 0 Å². The molecule has 0 unspecified atom stereocenters. The van der Waals surface area contributed by atoms with Gasteiger partial charge in [0.25, 0.3) is 5.91 Å². The number of hydrogen-bond donors (Lipinski definition) is 0. The molecule has 1 fully saturated rings. The summed E-state index contributed by atoms with van der Waals surface area (Å²) in [4.78, 5) is 22.1.